The van der Waals surface area contributed by atoms with Gasteiger partial charge in [-0.3, -0.25) is 4.79 Å². The Hall–Kier alpha value is -0.547. The normalized spacial score (nSPS) is 11.2. The van der Waals surface area contributed by atoms with Gasteiger partial charge in [-0.25, -0.2) is 0 Å². The third kappa shape index (κ3) is 117. The van der Waals surface area contributed by atoms with Crippen LogP contribution in [0.15, 0.2) is 48.6 Å². The van der Waals surface area contributed by atoms with Gasteiger partial charge < -0.3 is 44.7 Å². The van der Waals surface area contributed by atoms with E-state index in [-0.39, 0.29) is 129 Å². The van der Waals surface area contributed by atoms with Gasteiger partial charge in [0.25, 0.3) is 0 Å². The molecule has 0 amide bonds. The van der Waals surface area contributed by atoms with Crippen LogP contribution in [0.2, 0.25) is 0 Å². The molecule has 0 bridgehead atoms. The molecule has 0 aliphatic rings. The molecule has 1 unspecified atom stereocenters. The fraction of sp³-hybridized carbons (Fsp3) is 0.838. The van der Waals surface area contributed by atoms with Crippen LogP contribution in [0.5, 0.6) is 0 Å². The molecule has 10 nitrogen and oxygen atoms in total. The van der Waals surface area contributed by atoms with E-state index in [0.29, 0.717) is 0 Å². The minimum atomic E-state index is -0.914. The van der Waals surface area contributed by atoms with Crippen molar-refractivity contribution in [3.63, 3.8) is 0 Å². The van der Waals surface area contributed by atoms with Crippen molar-refractivity contribution < 1.29 is 49.5 Å². The second-order valence-corrected chi connectivity index (χ2v) is 25.4. The summed E-state index contributed by atoms with van der Waals surface area (Å²) >= 11 is 0. The first-order valence-electron chi connectivity index (χ1n) is 38.4. The average molecular weight is 1540 g/mol. The van der Waals surface area contributed by atoms with E-state index >= 15 is 0 Å². The Bertz CT molecular complexity index is 1360. The van der Waals surface area contributed by atoms with Crippen LogP contribution in [0, 0.1) is 5.92 Å². The Kier molecular flexibility index (Phi) is 113. The quantitative estimate of drug-likeness (QED) is 0.0347. The Morgan fingerprint density at radius 2 is 0.402 bits per heavy atom. The van der Waals surface area contributed by atoms with Crippen molar-refractivity contribution >= 4 is 128 Å². The molecule has 0 aliphatic heterocycles. The topological polar surface area (TPSA) is 198 Å². The van der Waals surface area contributed by atoms with Crippen LogP contribution in [-0.2, 0) is 24.0 Å². The average Bonchev–Trinajstić information content (AvgIpc) is 3.74. The summed E-state index contributed by atoms with van der Waals surface area (Å²) in [5, 5.41) is 49.5. The number of carboxylic acid groups (broad SMARTS) is 5. The van der Waals surface area contributed by atoms with Crippen LogP contribution in [0.1, 0.15) is 427 Å². The van der Waals surface area contributed by atoms with Gasteiger partial charge >= 0.3 is 104 Å². The minimum absolute atomic E-state index is 0. The van der Waals surface area contributed by atoms with Gasteiger partial charge in [0.2, 0.25) is 0 Å². The SMILES string of the molecule is CCCCC(CC)C(=O)O.CCCCCCCC/C=C\CCCCCCCC(=O)[O-].CCCCCCCC/C=C\CCCCCCCC(=O)[O-].CCCCCCCC/C=C\CCCCCCCC(=O)[O-].CCCCCCCC/C=C\CCCCCCCC(=O)[O-].[Ba+2].[Ba+2]. The molecular weight excluding hydrogens is 1400 g/mol. The molecule has 1 atom stereocenters. The Morgan fingerprint density at radius 3 is 0.543 bits per heavy atom. The van der Waals surface area contributed by atoms with Crippen molar-refractivity contribution in [2.45, 2.75) is 427 Å². The second-order valence-electron chi connectivity index (χ2n) is 25.4. The summed E-state index contributed by atoms with van der Waals surface area (Å²) in [6.07, 6.45) is 87.3. The monoisotopic (exact) mass is 1540 g/mol. The zero-order valence-electron chi connectivity index (χ0n) is 61.7. The molecule has 0 aromatic rings. The molecule has 0 saturated heterocycles. The summed E-state index contributed by atoms with van der Waals surface area (Å²) in [6.45, 7) is 13.0. The van der Waals surface area contributed by atoms with E-state index in [9.17, 15) is 44.4 Å². The maximum atomic E-state index is 10.4. The Balaban J connectivity index is -0.000000198. The zero-order valence-corrected chi connectivity index (χ0v) is 70.5. The van der Waals surface area contributed by atoms with E-state index in [2.05, 4.69) is 83.2 Å². The summed E-state index contributed by atoms with van der Waals surface area (Å²) in [6, 6.07) is 0. The maximum Gasteiger partial charge on any atom is 2.00 e. The molecule has 0 aromatic heterocycles. The summed E-state index contributed by atoms with van der Waals surface area (Å²) < 4.78 is 0. The largest absolute Gasteiger partial charge is 2.00 e. The third-order valence-electron chi connectivity index (χ3n) is 16.3. The van der Waals surface area contributed by atoms with Gasteiger partial charge in [-0.15, -0.1) is 0 Å². The molecule has 0 radical (unpaired) electrons. The third-order valence-corrected chi connectivity index (χ3v) is 16.3. The number of aliphatic carboxylic acids is 5. The smallest absolute Gasteiger partial charge is 0.550 e. The van der Waals surface area contributed by atoms with Gasteiger partial charge in [0.05, 0.1) is 5.92 Å². The molecule has 0 rings (SSSR count). The fourth-order valence-electron chi connectivity index (χ4n) is 10.3. The summed E-state index contributed by atoms with van der Waals surface area (Å²) in [4.78, 5) is 51.3. The molecule has 0 fully saturated rings. The van der Waals surface area contributed by atoms with Crippen LogP contribution in [0.4, 0.5) is 0 Å². The van der Waals surface area contributed by atoms with Gasteiger partial charge in [-0.1, -0.05) is 308 Å². The van der Waals surface area contributed by atoms with Crippen LogP contribution in [-0.4, -0.2) is 133 Å². The van der Waals surface area contributed by atoms with E-state index in [1.54, 1.807) is 0 Å². The van der Waals surface area contributed by atoms with E-state index in [1.165, 1.54) is 257 Å². The second kappa shape index (κ2) is 99.1. The van der Waals surface area contributed by atoms with Gasteiger partial charge in [-0.2, -0.15) is 0 Å². The molecule has 0 aliphatic carbocycles. The zero-order chi connectivity index (χ0) is 67.5. The molecule has 0 saturated carbocycles. The molecule has 12 heteroatoms. The molecule has 1 N–H and O–H groups in total. The van der Waals surface area contributed by atoms with Crippen LogP contribution >= 0.6 is 0 Å². The van der Waals surface area contributed by atoms with Crippen LogP contribution in [0.25, 0.3) is 0 Å². The predicted molar refractivity (Wildman–Crippen MR) is 390 cm³/mol. The van der Waals surface area contributed by atoms with Crippen LogP contribution in [0.3, 0.4) is 0 Å². The summed E-state index contributed by atoms with van der Waals surface area (Å²) in [5.41, 5.74) is 0. The van der Waals surface area contributed by atoms with Crippen LogP contribution < -0.4 is 20.4 Å². The maximum absolute atomic E-state index is 10.4. The van der Waals surface area contributed by atoms with Crippen molar-refractivity contribution in [3.8, 4) is 0 Å². The molecule has 532 valence electrons. The Morgan fingerprint density at radius 1 is 0.250 bits per heavy atom. The van der Waals surface area contributed by atoms with Gasteiger partial charge in [0.15, 0.2) is 0 Å². The number of hydrogen-bond donors (Lipinski definition) is 1. The summed E-state index contributed by atoms with van der Waals surface area (Å²) in [5.74, 6) is -4.41. The predicted octanol–water partition coefficient (Wildman–Crippen LogP) is 20.6. The minimum Gasteiger partial charge on any atom is -0.550 e. The molecule has 0 spiro atoms. The molecule has 0 heterocycles. The van der Waals surface area contributed by atoms with Gasteiger partial charge in [0, 0.05) is 23.9 Å². The first-order chi connectivity index (χ1) is 43.8. The standard InChI is InChI=1S/4C18H34O2.C8H16O2.2Ba/c4*1-2-3-4-5-6-7-8-9-10-11-12-13-14-15-16-17-18(19)20;1-3-5-6-7(4-2)8(9)10;;/h4*9-10H,2-8,11-17H2,1H3,(H,19,20);7H,3-6H2,1-2H3,(H,9,10);;/q;;;;;2*+2/p-4/b4*10-9-;;;. The van der Waals surface area contributed by atoms with Crippen molar-refractivity contribution in [1.82, 2.24) is 0 Å². The number of unbranched alkanes of at least 4 members (excludes halogenated alkanes) is 45. The van der Waals surface area contributed by atoms with Crippen molar-refractivity contribution in [3.05, 3.63) is 48.6 Å². The first kappa shape index (κ1) is 105. The van der Waals surface area contributed by atoms with E-state index < -0.39 is 29.8 Å². The number of hydrogen-bond acceptors (Lipinski definition) is 9. The number of rotatable bonds is 65. The van der Waals surface area contributed by atoms with Gasteiger partial charge in [-0.05, 0) is 167 Å². The van der Waals surface area contributed by atoms with Crippen molar-refractivity contribution in [1.29, 1.82) is 0 Å². The number of carboxylic acids is 5. The molecular formula is C80H148Ba2O10. The van der Waals surface area contributed by atoms with Crippen molar-refractivity contribution in [2.75, 3.05) is 0 Å². The first-order valence-corrected chi connectivity index (χ1v) is 38.4. The number of allylic oxidation sites excluding steroid dienone is 8. The number of carbonyl (C=O) groups is 5. The van der Waals surface area contributed by atoms with E-state index in [1.807, 2.05) is 6.92 Å². The molecule has 0 aromatic carbocycles. The number of carbonyl (C=O) groups excluding carboxylic acids is 4. The van der Waals surface area contributed by atoms with E-state index in [4.69, 9.17) is 5.11 Å². The Labute approximate surface area is 651 Å². The fourth-order valence-corrected chi connectivity index (χ4v) is 10.3. The summed E-state index contributed by atoms with van der Waals surface area (Å²) in [7, 11) is 0. The van der Waals surface area contributed by atoms with E-state index in [0.717, 1.165) is 103 Å². The molecule has 92 heavy (non-hydrogen) atoms. The van der Waals surface area contributed by atoms with Gasteiger partial charge in [0.1, 0.15) is 0 Å². The van der Waals surface area contributed by atoms with Crippen molar-refractivity contribution in [2.24, 2.45) is 5.92 Å².